The van der Waals surface area contributed by atoms with Crippen molar-refractivity contribution in [1.82, 2.24) is 20.4 Å². The molecule has 14 heteroatoms. The normalized spacial score (nSPS) is 21.2. The van der Waals surface area contributed by atoms with E-state index in [1.807, 2.05) is 0 Å². The van der Waals surface area contributed by atoms with Gasteiger partial charge >= 0.3 is 5.97 Å². The number of rotatable bonds is 11. The van der Waals surface area contributed by atoms with Gasteiger partial charge in [0.05, 0.1) is 12.6 Å². The molecule has 4 atom stereocenters. The second-order valence-corrected chi connectivity index (χ2v) is 8.79. The van der Waals surface area contributed by atoms with Gasteiger partial charge < -0.3 is 42.7 Å². The third kappa shape index (κ3) is 7.80. The Morgan fingerprint density at radius 1 is 1.03 bits per heavy atom. The Labute approximate surface area is 203 Å². The number of nitrogens with zero attached hydrogens (tertiary/aromatic N) is 3. The largest absolute Gasteiger partial charge is 0.480 e. The molecular formula is C21H36N8O6. The highest BCUT2D eigenvalue weighted by molar-refractivity contribution is 5.94. The minimum absolute atomic E-state index is 0.103. The molecule has 2 heterocycles. The van der Waals surface area contributed by atoms with Gasteiger partial charge in [0.1, 0.15) is 18.1 Å². The highest BCUT2D eigenvalue weighted by Gasteiger charge is 2.38. The number of guanidine groups is 1. The summed E-state index contributed by atoms with van der Waals surface area (Å²) in [4.78, 5) is 68.5. The molecule has 0 radical (unpaired) electrons. The summed E-state index contributed by atoms with van der Waals surface area (Å²) in [5, 5.41) is 14.5. The summed E-state index contributed by atoms with van der Waals surface area (Å²) < 4.78 is 0. The number of carbonyl (C=O) groups is 5. The summed E-state index contributed by atoms with van der Waals surface area (Å²) in [6.07, 6.45) is 2.55. The fraction of sp³-hybridized carbons (Fsp3) is 0.714. The lowest BCUT2D eigenvalue weighted by molar-refractivity contribution is -0.144. The van der Waals surface area contributed by atoms with Gasteiger partial charge in [-0.2, -0.15) is 0 Å². The van der Waals surface area contributed by atoms with Crippen molar-refractivity contribution in [3.05, 3.63) is 0 Å². The van der Waals surface area contributed by atoms with Crippen molar-refractivity contribution < 1.29 is 29.1 Å². The monoisotopic (exact) mass is 496 g/mol. The van der Waals surface area contributed by atoms with Crippen LogP contribution in [0, 0.1) is 0 Å². The van der Waals surface area contributed by atoms with Crippen LogP contribution in [0.2, 0.25) is 0 Å². The van der Waals surface area contributed by atoms with Crippen molar-refractivity contribution in [2.45, 2.75) is 69.6 Å². The third-order valence-electron chi connectivity index (χ3n) is 6.08. The molecule has 14 nitrogen and oxygen atoms in total. The van der Waals surface area contributed by atoms with E-state index in [1.54, 1.807) is 6.92 Å². The van der Waals surface area contributed by atoms with Crippen molar-refractivity contribution in [1.29, 1.82) is 0 Å². The first kappa shape index (κ1) is 27.8. The minimum atomic E-state index is -1.20. The van der Waals surface area contributed by atoms with Crippen LogP contribution in [0.4, 0.5) is 0 Å². The van der Waals surface area contributed by atoms with Crippen LogP contribution < -0.4 is 27.8 Å². The van der Waals surface area contributed by atoms with E-state index >= 15 is 0 Å². The van der Waals surface area contributed by atoms with Crippen molar-refractivity contribution >= 4 is 35.6 Å². The zero-order valence-electron chi connectivity index (χ0n) is 19.9. The van der Waals surface area contributed by atoms with E-state index < -0.39 is 47.9 Å². The highest BCUT2D eigenvalue weighted by Crippen LogP contribution is 2.20. The molecule has 4 amide bonds. The number of carboxylic acids is 1. The molecule has 0 aromatic rings. The summed E-state index contributed by atoms with van der Waals surface area (Å²) in [6, 6.07) is -3.39. The fourth-order valence-corrected chi connectivity index (χ4v) is 4.31. The zero-order chi connectivity index (χ0) is 26.1. The molecule has 2 fully saturated rings. The lowest BCUT2D eigenvalue weighted by Gasteiger charge is -2.27. The Balaban J connectivity index is 1.90. The van der Waals surface area contributed by atoms with Crippen molar-refractivity contribution in [2.24, 2.45) is 22.2 Å². The first-order valence-corrected chi connectivity index (χ1v) is 11.7. The van der Waals surface area contributed by atoms with Crippen LogP contribution >= 0.6 is 0 Å². The van der Waals surface area contributed by atoms with Crippen LogP contribution in [0.5, 0.6) is 0 Å². The standard InChI is InChI=1S/C21H36N8O6/c1-12(22)19(33)29-10-4-6-14(29)17(31)26-11-16(30)28-9-3-7-15(28)18(32)27-13(20(34)35)5-2-8-25-21(23)24/h12-15H,2-11,22H2,1H3,(H,26,31)(H,27,32)(H,34,35)(H4,23,24,25). The molecule has 0 aliphatic carbocycles. The molecule has 4 unspecified atom stereocenters. The van der Waals surface area contributed by atoms with E-state index in [2.05, 4.69) is 15.6 Å². The number of likely N-dealkylation sites (tertiary alicyclic amines) is 2. The third-order valence-corrected chi connectivity index (χ3v) is 6.08. The zero-order valence-corrected chi connectivity index (χ0v) is 19.9. The lowest BCUT2D eigenvalue weighted by Crippen LogP contribution is -2.54. The molecule has 0 aromatic carbocycles. The van der Waals surface area contributed by atoms with Crippen LogP contribution in [-0.2, 0) is 24.0 Å². The number of aliphatic imine (C=N–C) groups is 1. The van der Waals surface area contributed by atoms with E-state index in [4.69, 9.17) is 17.2 Å². The van der Waals surface area contributed by atoms with Crippen LogP contribution in [-0.4, -0.2) is 101 Å². The van der Waals surface area contributed by atoms with Gasteiger partial charge in [0.25, 0.3) is 0 Å². The number of hydrogen-bond acceptors (Lipinski definition) is 7. The van der Waals surface area contributed by atoms with Crippen LogP contribution in [0.1, 0.15) is 45.4 Å². The Morgan fingerprint density at radius 3 is 2.20 bits per heavy atom. The van der Waals surface area contributed by atoms with Crippen molar-refractivity contribution in [3.8, 4) is 0 Å². The molecule has 0 bridgehead atoms. The topological polar surface area (TPSA) is 227 Å². The Hall–Kier alpha value is -3.42. The molecule has 2 saturated heterocycles. The maximum Gasteiger partial charge on any atom is 0.326 e. The van der Waals surface area contributed by atoms with Gasteiger partial charge in [0.2, 0.25) is 23.6 Å². The molecular weight excluding hydrogens is 460 g/mol. The van der Waals surface area contributed by atoms with Crippen LogP contribution in [0.25, 0.3) is 0 Å². The Bertz CT molecular complexity index is 844. The number of hydrogen-bond donors (Lipinski definition) is 6. The van der Waals surface area contributed by atoms with Crippen LogP contribution in [0.15, 0.2) is 4.99 Å². The number of amides is 4. The molecule has 2 aliphatic heterocycles. The maximum atomic E-state index is 12.8. The summed E-state index contributed by atoms with van der Waals surface area (Å²) in [5.41, 5.74) is 16.1. The SMILES string of the molecule is CC(N)C(=O)N1CCCC1C(=O)NCC(=O)N1CCCC1C(=O)NC(CCCN=C(N)N)C(=O)O. The van der Waals surface area contributed by atoms with Crippen molar-refractivity contribution in [2.75, 3.05) is 26.2 Å². The van der Waals surface area contributed by atoms with Gasteiger partial charge in [-0.25, -0.2) is 4.79 Å². The van der Waals surface area contributed by atoms with Gasteiger partial charge in [0, 0.05) is 19.6 Å². The predicted octanol–water partition coefficient (Wildman–Crippen LogP) is -2.95. The maximum absolute atomic E-state index is 12.8. The average molecular weight is 497 g/mol. The molecule has 0 spiro atoms. The van der Waals surface area contributed by atoms with E-state index in [0.717, 1.165) is 0 Å². The number of nitrogens with two attached hydrogens (primary N) is 3. The molecule has 9 N–H and O–H groups in total. The average Bonchev–Trinajstić information content (AvgIpc) is 3.48. The van der Waals surface area contributed by atoms with E-state index in [-0.39, 0.29) is 31.4 Å². The molecule has 196 valence electrons. The second-order valence-electron chi connectivity index (χ2n) is 8.79. The smallest absolute Gasteiger partial charge is 0.326 e. The fourth-order valence-electron chi connectivity index (χ4n) is 4.31. The highest BCUT2D eigenvalue weighted by atomic mass is 16.4. The van der Waals surface area contributed by atoms with Gasteiger partial charge in [-0.05, 0) is 45.4 Å². The molecule has 0 saturated carbocycles. The molecule has 0 aromatic heterocycles. The van der Waals surface area contributed by atoms with E-state index in [0.29, 0.717) is 45.2 Å². The lowest BCUT2D eigenvalue weighted by atomic mass is 10.1. The molecule has 35 heavy (non-hydrogen) atoms. The second kappa shape index (κ2) is 12.9. The number of nitrogens with one attached hydrogen (secondary N) is 2. The van der Waals surface area contributed by atoms with Gasteiger partial charge in [-0.15, -0.1) is 0 Å². The number of aliphatic carboxylic acids is 1. The van der Waals surface area contributed by atoms with E-state index in [1.165, 1.54) is 9.80 Å². The quantitative estimate of drug-likeness (QED) is 0.0975. The molecule has 2 rings (SSSR count). The summed E-state index contributed by atoms with van der Waals surface area (Å²) in [5.74, 6) is -3.10. The van der Waals surface area contributed by atoms with Crippen molar-refractivity contribution in [3.63, 3.8) is 0 Å². The van der Waals surface area contributed by atoms with Crippen LogP contribution in [0.3, 0.4) is 0 Å². The summed E-state index contributed by atoms with van der Waals surface area (Å²) in [6.45, 7) is 2.19. The predicted molar refractivity (Wildman–Crippen MR) is 126 cm³/mol. The summed E-state index contributed by atoms with van der Waals surface area (Å²) >= 11 is 0. The van der Waals surface area contributed by atoms with E-state index in [9.17, 15) is 29.1 Å². The first-order chi connectivity index (χ1) is 16.5. The minimum Gasteiger partial charge on any atom is -0.480 e. The van der Waals surface area contributed by atoms with Gasteiger partial charge in [-0.1, -0.05) is 0 Å². The van der Waals surface area contributed by atoms with Gasteiger partial charge in [0.15, 0.2) is 5.96 Å². The number of carbonyl (C=O) groups excluding carboxylic acids is 4. The molecule has 2 aliphatic rings. The number of carboxylic acid groups (broad SMARTS) is 1. The summed E-state index contributed by atoms with van der Waals surface area (Å²) in [7, 11) is 0. The Kier molecular flexibility index (Phi) is 10.2. The Morgan fingerprint density at radius 2 is 1.63 bits per heavy atom. The van der Waals surface area contributed by atoms with Gasteiger partial charge in [-0.3, -0.25) is 24.2 Å². The first-order valence-electron chi connectivity index (χ1n) is 11.7.